The fraction of sp³-hybridized carbons (Fsp3) is 0.529. The van der Waals surface area contributed by atoms with Gasteiger partial charge in [-0.2, -0.15) is 0 Å². The van der Waals surface area contributed by atoms with Crippen molar-refractivity contribution in [1.82, 2.24) is 0 Å². The van der Waals surface area contributed by atoms with Gasteiger partial charge in [0.1, 0.15) is 17.0 Å². The third kappa shape index (κ3) is 3.71. The summed E-state index contributed by atoms with van der Waals surface area (Å²) in [5, 5.41) is 0. The van der Waals surface area contributed by atoms with Crippen LogP contribution in [0.2, 0.25) is 0 Å². The van der Waals surface area contributed by atoms with Gasteiger partial charge in [-0.1, -0.05) is 0 Å². The number of benzene rings is 1. The molecule has 0 bridgehead atoms. The summed E-state index contributed by atoms with van der Waals surface area (Å²) in [5.41, 5.74) is -2.05. The fourth-order valence-corrected chi connectivity index (χ4v) is 2.46. The van der Waals surface area contributed by atoms with Crippen LogP contribution in [0.15, 0.2) is 6.07 Å². The molecule has 7 heteroatoms. The number of hydrogen-bond acceptors (Lipinski definition) is 4. The van der Waals surface area contributed by atoms with Crippen LogP contribution in [0.25, 0.3) is 0 Å². The number of carbonyl (C=O) groups is 2. The summed E-state index contributed by atoms with van der Waals surface area (Å²) in [6.45, 7) is 6.48. The second kappa shape index (κ2) is 6.45. The summed E-state index contributed by atoms with van der Waals surface area (Å²) in [6.07, 6.45) is 0.168. The molecule has 0 aliphatic heterocycles. The molecule has 0 spiro atoms. The maximum Gasteiger partial charge on any atom is 0.341 e. The lowest BCUT2D eigenvalue weighted by Gasteiger charge is -2.19. The third-order valence-corrected chi connectivity index (χ3v) is 3.56. The monoisotopic (exact) mass is 344 g/mol. The molecule has 24 heavy (non-hydrogen) atoms. The Morgan fingerprint density at radius 1 is 1.21 bits per heavy atom. The fourth-order valence-electron chi connectivity index (χ4n) is 2.46. The molecule has 0 aromatic heterocycles. The molecule has 1 aromatic carbocycles. The van der Waals surface area contributed by atoms with Gasteiger partial charge in [-0.3, -0.25) is 4.79 Å². The number of rotatable bonds is 4. The molecule has 2 rings (SSSR count). The first-order chi connectivity index (χ1) is 11.1. The molecule has 0 radical (unpaired) electrons. The average molecular weight is 344 g/mol. The van der Waals surface area contributed by atoms with Crippen LogP contribution in [0.1, 0.15) is 56.0 Å². The highest BCUT2D eigenvalue weighted by Gasteiger charge is 2.49. The number of carbonyl (C=O) groups excluding carboxylic acids is 2. The first-order valence-electron chi connectivity index (χ1n) is 7.64. The van der Waals surface area contributed by atoms with Crippen molar-refractivity contribution >= 4 is 11.9 Å². The zero-order valence-corrected chi connectivity index (χ0v) is 13.9. The molecule has 0 amide bonds. The van der Waals surface area contributed by atoms with Crippen molar-refractivity contribution in [3.05, 3.63) is 34.6 Å². The van der Waals surface area contributed by atoms with Gasteiger partial charge in [0, 0.05) is 11.5 Å². The van der Waals surface area contributed by atoms with Gasteiger partial charge in [0.25, 0.3) is 0 Å². The molecule has 0 heterocycles. The van der Waals surface area contributed by atoms with Gasteiger partial charge in [-0.25, -0.2) is 18.0 Å². The molecule has 1 fully saturated rings. The van der Waals surface area contributed by atoms with Gasteiger partial charge in [-0.05, 0) is 40.2 Å². The van der Waals surface area contributed by atoms with E-state index in [9.17, 15) is 22.8 Å². The third-order valence-electron chi connectivity index (χ3n) is 3.56. The second-order valence-corrected chi connectivity index (χ2v) is 6.65. The van der Waals surface area contributed by atoms with Crippen molar-refractivity contribution in [3.63, 3.8) is 0 Å². The summed E-state index contributed by atoms with van der Waals surface area (Å²) in [4.78, 5) is 23.5. The van der Waals surface area contributed by atoms with E-state index in [2.05, 4.69) is 4.74 Å². The lowest BCUT2D eigenvalue weighted by Crippen LogP contribution is -2.25. The quantitative estimate of drug-likeness (QED) is 0.617. The van der Waals surface area contributed by atoms with Crippen molar-refractivity contribution < 1.29 is 32.2 Å². The first kappa shape index (κ1) is 18.3. The molecule has 4 nitrogen and oxygen atoms in total. The highest BCUT2D eigenvalue weighted by atomic mass is 19.2. The Labute approximate surface area is 137 Å². The molecular formula is C17H19F3O4. The van der Waals surface area contributed by atoms with E-state index in [1.165, 1.54) is 6.92 Å². The van der Waals surface area contributed by atoms with Gasteiger partial charge in [0.15, 0.2) is 11.6 Å². The van der Waals surface area contributed by atoms with E-state index in [1.54, 1.807) is 20.8 Å². The normalized spacial score (nSPS) is 19.8. The van der Waals surface area contributed by atoms with Crippen LogP contribution < -0.4 is 0 Å². The van der Waals surface area contributed by atoms with E-state index >= 15 is 0 Å². The Kier molecular flexibility index (Phi) is 4.92. The zero-order chi connectivity index (χ0) is 18.2. The summed E-state index contributed by atoms with van der Waals surface area (Å²) >= 11 is 0. The minimum absolute atomic E-state index is 0.0490. The standard InChI is InChI=1S/C17H19F3O4/c1-5-23-15(21)10-7-11(18)12(14(20)13(10)19)8-6-9(8)16(22)24-17(2,3)4/h7-9H,5-6H2,1-4H3. The van der Waals surface area contributed by atoms with Crippen LogP contribution in [0.5, 0.6) is 0 Å². The number of halogens is 3. The van der Waals surface area contributed by atoms with E-state index in [0.717, 1.165) is 0 Å². The highest BCUT2D eigenvalue weighted by molar-refractivity contribution is 5.90. The summed E-state index contributed by atoms with van der Waals surface area (Å²) in [6, 6.07) is 0.607. The molecule has 2 unspecified atom stereocenters. The van der Waals surface area contributed by atoms with Gasteiger partial charge in [0.2, 0.25) is 0 Å². The van der Waals surface area contributed by atoms with Crippen LogP contribution in [0, 0.1) is 23.4 Å². The van der Waals surface area contributed by atoms with Crippen molar-refractivity contribution in [3.8, 4) is 0 Å². The van der Waals surface area contributed by atoms with Crippen LogP contribution in [-0.4, -0.2) is 24.1 Å². The predicted molar refractivity (Wildman–Crippen MR) is 79.0 cm³/mol. The minimum Gasteiger partial charge on any atom is -0.462 e. The highest BCUT2D eigenvalue weighted by Crippen LogP contribution is 2.50. The van der Waals surface area contributed by atoms with Crippen LogP contribution in [0.4, 0.5) is 13.2 Å². The van der Waals surface area contributed by atoms with Crippen molar-refractivity contribution in [1.29, 1.82) is 0 Å². The lowest BCUT2D eigenvalue weighted by atomic mass is 10.0. The van der Waals surface area contributed by atoms with Gasteiger partial charge in [0.05, 0.1) is 12.5 Å². The molecule has 1 saturated carbocycles. The summed E-state index contributed by atoms with van der Waals surface area (Å²) in [7, 11) is 0. The minimum atomic E-state index is -1.47. The summed E-state index contributed by atoms with van der Waals surface area (Å²) in [5.74, 6) is -7.26. The van der Waals surface area contributed by atoms with E-state index in [-0.39, 0.29) is 13.0 Å². The maximum atomic E-state index is 14.2. The number of ether oxygens (including phenoxy) is 2. The second-order valence-electron chi connectivity index (χ2n) is 6.65. The predicted octanol–water partition coefficient (Wildman–Crippen LogP) is 3.73. The van der Waals surface area contributed by atoms with E-state index in [4.69, 9.17) is 4.74 Å². The average Bonchev–Trinajstić information content (AvgIpc) is 3.21. The van der Waals surface area contributed by atoms with Crippen molar-refractivity contribution in [2.45, 2.75) is 45.6 Å². The van der Waals surface area contributed by atoms with Crippen LogP contribution in [-0.2, 0) is 14.3 Å². The van der Waals surface area contributed by atoms with Crippen LogP contribution >= 0.6 is 0 Å². The van der Waals surface area contributed by atoms with Crippen molar-refractivity contribution in [2.75, 3.05) is 6.61 Å². The maximum absolute atomic E-state index is 14.2. The van der Waals surface area contributed by atoms with Gasteiger partial charge < -0.3 is 9.47 Å². The number of hydrogen-bond donors (Lipinski definition) is 0. The lowest BCUT2D eigenvalue weighted by molar-refractivity contribution is -0.156. The molecular weight excluding hydrogens is 325 g/mol. The molecule has 1 aliphatic rings. The molecule has 1 aliphatic carbocycles. The zero-order valence-electron chi connectivity index (χ0n) is 13.9. The molecule has 132 valence electrons. The topological polar surface area (TPSA) is 52.6 Å². The van der Waals surface area contributed by atoms with Gasteiger partial charge >= 0.3 is 11.9 Å². The first-order valence-corrected chi connectivity index (χ1v) is 7.64. The Bertz CT molecular complexity index is 679. The molecule has 2 atom stereocenters. The van der Waals surface area contributed by atoms with Crippen molar-refractivity contribution in [2.24, 2.45) is 5.92 Å². The Morgan fingerprint density at radius 2 is 1.83 bits per heavy atom. The van der Waals surface area contributed by atoms with E-state index in [0.29, 0.717) is 6.07 Å². The summed E-state index contributed by atoms with van der Waals surface area (Å²) < 4.78 is 52.2. The Morgan fingerprint density at radius 3 is 2.38 bits per heavy atom. The largest absolute Gasteiger partial charge is 0.462 e. The van der Waals surface area contributed by atoms with E-state index < -0.39 is 58.0 Å². The Hall–Kier alpha value is -2.05. The molecule has 1 aromatic rings. The van der Waals surface area contributed by atoms with Gasteiger partial charge in [-0.15, -0.1) is 0 Å². The Balaban J connectivity index is 2.26. The smallest absolute Gasteiger partial charge is 0.341 e. The number of esters is 2. The van der Waals surface area contributed by atoms with Crippen LogP contribution in [0.3, 0.4) is 0 Å². The molecule has 0 saturated heterocycles. The SMILES string of the molecule is CCOC(=O)c1cc(F)c(C2CC2C(=O)OC(C)(C)C)c(F)c1F. The van der Waals surface area contributed by atoms with E-state index in [1.807, 2.05) is 0 Å². The molecule has 0 N–H and O–H groups in total.